The van der Waals surface area contributed by atoms with Crippen molar-refractivity contribution in [3.8, 4) is 11.5 Å². The topological polar surface area (TPSA) is 86.4 Å². The minimum Gasteiger partial charge on any atom is -0.507 e. The third-order valence-electron chi connectivity index (χ3n) is 5.96. The van der Waals surface area contributed by atoms with Gasteiger partial charge in [-0.2, -0.15) is 13.2 Å². The van der Waals surface area contributed by atoms with Gasteiger partial charge in [-0.15, -0.1) is 0 Å². The molecule has 2 aromatic carbocycles. The maximum atomic E-state index is 13.6. The Morgan fingerprint density at radius 1 is 1.09 bits per heavy atom. The van der Waals surface area contributed by atoms with E-state index in [1.165, 1.54) is 18.2 Å². The number of furan rings is 1. The normalized spacial score (nSPS) is 20.0. The number of halogens is 3. The van der Waals surface area contributed by atoms with Crippen LogP contribution in [-0.4, -0.2) is 36.3 Å². The predicted molar refractivity (Wildman–Crippen MR) is 111 cm³/mol. The molecule has 2 N–H and O–H groups in total. The Labute approximate surface area is 186 Å². The minimum atomic E-state index is -4.66. The first-order chi connectivity index (χ1) is 15.6. The SMILES string of the molecule is CN1CCOc2cc(O)c(C3(O)C(=O)N(Cc4ccc(C(F)(F)F)o4)c4ccccc43)cc21. The Hall–Kier alpha value is -3.66. The first-order valence-corrected chi connectivity index (χ1v) is 10.1. The molecule has 0 radical (unpaired) electrons. The van der Waals surface area contributed by atoms with Gasteiger partial charge in [0.1, 0.15) is 23.9 Å². The van der Waals surface area contributed by atoms with Crippen LogP contribution >= 0.6 is 0 Å². The predicted octanol–water partition coefficient (Wildman–Crippen LogP) is 3.62. The summed E-state index contributed by atoms with van der Waals surface area (Å²) >= 11 is 0. The molecule has 2 aliphatic heterocycles. The van der Waals surface area contributed by atoms with Crippen molar-refractivity contribution in [3.05, 3.63) is 71.2 Å². The number of hydrogen-bond donors (Lipinski definition) is 2. The molecular weight excluding hydrogens is 441 g/mol. The van der Waals surface area contributed by atoms with Crippen molar-refractivity contribution in [3.63, 3.8) is 0 Å². The number of amides is 1. The molecular formula is C23H19F3N2O5. The zero-order valence-corrected chi connectivity index (χ0v) is 17.4. The smallest absolute Gasteiger partial charge is 0.449 e. The average molecular weight is 460 g/mol. The van der Waals surface area contributed by atoms with Gasteiger partial charge in [-0.3, -0.25) is 4.79 Å². The molecule has 0 fully saturated rings. The highest BCUT2D eigenvalue weighted by molar-refractivity contribution is 6.09. The van der Waals surface area contributed by atoms with Gasteiger partial charge in [-0.25, -0.2) is 0 Å². The number of rotatable bonds is 3. The number of carbonyl (C=O) groups is 1. The molecule has 1 atom stereocenters. The van der Waals surface area contributed by atoms with Gasteiger partial charge >= 0.3 is 6.18 Å². The van der Waals surface area contributed by atoms with Crippen LogP contribution in [0, 0.1) is 0 Å². The summed E-state index contributed by atoms with van der Waals surface area (Å²) in [5.41, 5.74) is -1.21. The molecule has 2 aliphatic rings. The molecule has 0 bridgehead atoms. The molecule has 1 amide bonds. The van der Waals surface area contributed by atoms with Crippen molar-refractivity contribution in [2.45, 2.75) is 18.3 Å². The van der Waals surface area contributed by atoms with Gasteiger partial charge in [0.15, 0.2) is 5.60 Å². The summed E-state index contributed by atoms with van der Waals surface area (Å²) in [6, 6.07) is 11.1. The number of benzene rings is 2. The van der Waals surface area contributed by atoms with E-state index in [0.717, 1.165) is 17.0 Å². The molecule has 3 heterocycles. The fourth-order valence-electron chi connectivity index (χ4n) is 4.30. The number of ether oxygens (including phenoxy) is 1. The van der Waals surface area contributed by atoms with E-state index in [-0.39, 0.29) is 29.2 Å². The zero-order valence-electron chi connectivity index (χ0n) is 17.4. The van der Waals surface area contributed by atoms with Gasteiger partial charge in [0.25, 0.3) is 5.91 Å². The largest absolute Gasteiger partial charge is 0.507 e. The molecule has 7 nitrogen and oxygen atoms in total. The van der Waals surface area contributed by atoms with Gasteiger partial charge in [0.2, 0.25) is 5.76 Å². The van der Waals surface area contributed by atoms with Crippen molar-refractivity contribution >= 4 is 17.3 Å². The lowest BCUT2D eigenvalue weighted by Crippen LogP contribution is -2.41. The van der Waals surface area contributed by atoms with E-state index in [1.54, 1.807) is 18.2 Å². The molecule has 3 aromatic rings. The molecule has 0 saturated heterocycles. The number of para-hydroxylation sites is 1. The highest BCUT2D eigenvalue weighted by Crippen LogP contribution is 2.50. The summed E-state index contributed by atoms with van der Waals surface area (Å²) in [5, 5.41) is 22.4. The van der Waals surface area contributed by atoms with Crippen molar-refractivity contribution in [2.24, 2.45) is 0 Å². The van der Waals surface area contributed by atoms with Crippen LogP contribution in [-0.2, 0) is 23.1 Å². The number of likely N-dealkylation sites (N-methyl/N-ethyl adjacent to an activating group) is 1. The van der Waals surface area contributed by atoms with Crippen LogP contribution in [0.5, 0.6) is 11.5 Å². The second-order valence-electron chi connectivity index (χ2n) is 7.99. The Bertz CT molecular complexity index is 1260. The number of aromatic hydroxyl groups is 1. The standard InChI is InChI=1S/C23H19F3N2O5/c1-27-8-9-32-19-11-18(29)15(10-17(19)27)22(31)14-4-2-3-5-16(14)28(21(22)30)12-13-6-7-20(33-13)23(24,25)26/h2-7,10-11,29,31H,8-9,12H2,1H3. The molecule has 5 rings (SSSR count). The zero-order chi connectivity index (χ0) is 23.5. The molecule has 0 aliphatic carbocycles. The summed E-state index contributed by atoms with van der Waals surface area (Å²) in [5.74, 6) is -2.02. The first-order valence-electron chi connectivity index (χ1n) is 10.1. The van der Waals surface area contributed by atoms with Crippen molar-refractivity contribution in [2.75, 3.05) is 30.0 Å². The quantitative estimate of drug-likeness (QED) is 0.621. The highest BCUT2D eigenvalue weighted by atomic mass is 19.4. The van der Waals surface area contributed by atoms with E-state index < -0.39 is 23.4 Å². The Balaban J connectivity index is 1.59. The van der Waals surface area contributed by atoms with E-state index >= 15 is 0 Å². The summed E-state index contributed by atoms with van der Waals surface area (Å²) in [6.07, 6.45) is -4.66. The van der Waals surface area contributed by atoms with E-state index in [2.05, 4.69) is 0 Å². The lowest BCUT2D eigenvalue weighted by molar-refractivity contribution is -0.153. The van der Waals surface area contributed by atoms with Crippen LogP contribution in [0.15, 0.2) is 52.9 Å². The van der Waals surface area contributed by atoms with Crippen LogP contribution in [0.4, 0.5) is 24.5 Å². The van der Waals surface area contributed by atoms with Crippen LogP contribution in [0.3, 0.4) is 0 Å². The van der Waals surface area contributed by atoms with Crippen LogP contribution in [0.25, 0.3) is 0 Å². The molecule has 10 heteroatoms. The van der Waals surface area contributed by atoms with Crippen molar-refractivity contribution in [1.82, 2.24) is 0 Å². The summed E-state index contributed by atoms with van der Waals surface area (Å²) in [6.45, 7) is 0.667. The summed E-state index contributed by atoms with van der Waals surface area (Å²) in [4.78, 5) is 16.6. The van der Waals surface area contributed by atoms with Gasteiger partial charge < -0.3 is 29.2 Å². The monoisotopic (exact) mass is 460 g/mol. The van der Waals surface area contributed by atoms with Crippen LogP contribution in [0.1, 0.15) is 22.6 Å². The fourth-order valence-corrected chi connectivity index (χ4v) is 4.30. The molecule has 33 heavy (non-hydrogen) atoms. The maximum Gasteiger partial charge on any atom is 0.449 e. The number of carbonyl (C=O) groups excluding carboxylic acids is 1. The maximum absolute atomic E-state index is 13.6. The lowest BCUT2D eigenvalue weighted by atomic mass is 9.86. The second-order valence-corrected chi connectivity index (χ2v) is 7.99. The minimum absolute atomic E-state index is 0.0472. The fraction of sp³-hybridized carbons (Fsp3) is 0.261. The van der Waals surface area contributed by atoms with Crippen LogP contribution in [0.2, 0.25) is 0 Å². The van der Waals surface area contributed by atoms with Gasteiger partial charge in [0, 0.05) is 24.2 Å². The third-order valence-corrected chi connectivity index (χ3v) is 5.96. The van der Waals surface area contributed by atoms with Crippen LogP contribution < -0.4 is 14.5 Å². The summed E-state index contributed by atoms with van der Waals surface area (Å²) < 4.78 is 49.3. The van der Waals surface area contributed by atoms with Gasteiger partial charge in [0.05, 0.1) is 24.5 Å². The Morgan fingerprint density at radius 3 is 2.58 bits per heavy atom. The van der Waals surface area contributed by atoms with Crippen molar-refractivity contribution in [1.29, 1.82) is 0 Å². The highest BCUT2D eigenvalue weighted by Gasteiger charge is 2.53. The molecule has 0 spiro atoms. The van der Waals surface area contributed by atoms with Crippen molar-refractivity contribution < 1.29 is 37.3 Å². The van der Waals surface area contributed by atoms with E-state index in [4.69, 9.17) is 9.15 Å². The number of anilines is 2. The second kappa shape index (κ2) is 7.17. The van der Waals surface area contributed by atoms with Gasteiger partial charge in [-0.05, 0) is 24.3 Å². The number of aliphatic hydroxyl groups is 1. The Kier molecular flexibility index (Phi) is 4.61. The number of nitrogens with zero attached hydrogens (tertiary/aromatic N) is 2. The number of hydrogen-bond acceptors (Lipinski definition) is 6. The molecule has 0 saturated carbocycles. The molecule has 1 unspecified atom stereocenters. The number of fused-ring (bicyclic) bond motifs is 2. The summed E-state index contributed by atoms with van der Waals surface area (Å²) in [7, 11) is 1.82. The number of phenols is 1. The molecule has 172 valence electrons. The van der Waals surface area contributed by atoms with E-state index in [0.29, 0.717) is 30.3 Å². The third kappa shape index (κ3) is 3.20. The average Bonchev–Trinajstić information content (AvgIpc) is 3.33. The Morgan fingerprint density at radius 2 is 1.85 bits per heavy atom. The number of phenolic OH excluding ortho intramolecular Hbond substituents is 1. The molecule has 1 aromatic heterocycles. The van der Waals surface area contributed by atoms with E-state index in [9.17, 15) is 28.2 Å². The van der Waals surface area contributed by atoms with Gasteiger partial charge in [-0.1, -0.05) is 18.2 Å². The lowest BCUT2D eigenvalue weighted by Gasteiger charge is -2.31. The van der Waals surface area contributed by atoms with E-state index in [1.807, 2.05) is 11.9 Å². The first kappa shape index (κ1) is 21.2. The number of alkyl halides is 3.